The molecule has 0 bridgehead atoms. The van der Waals surface area contributed by atoms with Crippen LogP contribution in [0.1, 0.15) is 69.3 Å². The number of fused-ring (bicyclic) bond motifs is 2. The molecule has 5 rings (SSSR count). The highest BCUT2D eigenvalue weighted by atomic mass is 35.5. The average Bonchev–Trinajstić information content (AvgIpc) is 3.74. The molecule has 232 valence electrons. The number of Topliss-reactive ketones (excluding diaryl/α,β-unsaturated/α-hetero) is 2. The SMILES string of the molecule is CC(C)OCCNC(=O)C(=O)C(CC1CCCC1=O)NC(=O)C1C2CCCC2CN1C(=O)c1cc2c(Cl)cc(Cl)cc2[nH]1. The minimum atomic E-state index is -1.18. The number of amides is 3. The van der Waals surface area contributed by atoms with Gasteiger partial charge >= 0.3 is 0 Å². The summed E-state index contributed by atoms with van der Waals surface area (Å²) in [5, 5.41) is 6.86. The van der Waals surface area contributed by atoms with Crippen molar-refractivity contribution in [3.63, 3.8) is 0 Å². The van der Waals surface area contributed by atoms with Crippen LogP contribution in [-0.4, -0.2) is 77.1 Å². The van der Waals surface area contributed by atoms with Gasteiger partial charge in [-0.15, -0.1) is 0 Å². The first kappa shape index (κ1) is 31.5. The zero-order valence-electron chi connectivity index (χ0n) is 24.4. The molecule has 3 aliphatic rings. The molecule has 3 N–H and O–H groups in total. The van der Waals surface area contributed by atoms with Gasteiger partial charge < -0.3 is 25.3 Å². The molecule has 2 aliphatic carbocycles. The standard InChI is InChI=1S/C31H38Cl2N4O6/c1-16(2)43-10-9-34-30(41)28(39)24(11-17-5-4-8-26(17)38)36-29(40)27-20-7-3-6-18(20)15-37(27)31(42)25-14-21-22(33)12-19(32)13-23(21)35-25/h12-14,16-18,20,24,27,35H,3-11,15H2,1-2H3,(H,34,41)(H,36,40). The molecule has 5 unspecified atom stereocenters. The maximum atomic E-state index is 14.0. The Hall–Kier alpha value is -2.95. The summed E-state index contributed by atoms with van der Waals surface area (Å²) >= 11 is 12.5. The van der Waals surface area contributed by atoms with E-state index in [2.05, 4.69) is 15.6 Å². The lowest BCUT2D eigenvalue weighted by molar-refractivity contribution is -0.141. The van der Waals surface area contributed by atoms with Gasteiger partial charge in [-0.25, -0.2) is 0 Å². The Kier molecular flexibility index (Phi) is 9.78. The normalized spacial score (nSPS) is 24.0. The fraction of sp³-hybridized carbons (Fsp3) is 0.581. The maximum absolute atomic E-state index is 14.0. The van der Waals surface area contributed by atoms with Crippen LogP contribution in [0.3, 0.4) is 0 Å². The van der Waals surface area contributed by atoms with Gasteiger partial charge in [0.25, 0.3) is 11.8 Å². The number of hydrogen-bond donors (Lipinski definition) is 3. The van der Waals surface area contributed by atoms with Crippen LogP contribution in [0.4, 0.5) is 0 Å². The molecule has 2 saturated carbocycles. The number of carbonyl (C=O) groups is 5. The summed E-state index contributed by atoms with van der Waals surface area (Å²) in [6, 6.07) is 2.94. The van der Waals surface area contributed by atoms with Crippen LogP contribution in [0.25, 0.3) is 10.9 Å². The van der Waals surface area contributed by atoms with E-state index in [0.29, 0.717) is 46.8 Å². The summed E-state index contributed by atoms with van der Waals surface area (Å²) in [4.78, 5) is 71.1. The molecular weight excluding hydrogens is 595 g/mol. The average molecular weight is 634 g/mol. The van der Waals surface area contributed by atoms with Crippen LogP contribution in [0.5, 0.6) is 0 Å². The number of ether oxygens (including phenoxy) is 1. The fourth-order valence-corrected chi connectivity index (χ4v) is 7.44. The Morgan fingerprint density at radius 1 is 1.09 bits per heavy atom. The van der Waals surface area contributed by atoms with Gasteiger partial charge in [-0.2, -0.15) is 0 Å². The second kappa shape index (κ2) is 13.4. The molecule has 2 heterocycles. The number of H-pyrrole nitrogens is 1. The highest BCUT2D eigenvalue weighted by Crippen LogP contribution is 2.43. The quantitative estimate of drug-likeness (QED) is 0.252. The number of hydrogen-bond acceptors (Lipinski definition) is 6. The van der Waals surface area contributed by atoms with Gasteiger partial charge in [-0.05, 0) is 76.0 Å². The van der Waals surface area contributed by atoms with Crippen LogP contribution in [0.15, 0.2) is 18.2 Å². The number of aromatic nitrogens is 1. The number of aromatic amines is 1. The van der Waals surface area contributed by atoms with Crippen molar-refractivity contribution in [3.05, 3.63) is 33.9 Å². The lowest BCUT2D eigenvalue weighted by atomic mass is 9.91. The number of likely N-dealkylation sites (tertiary alicyclic amines) is 1. The third-order valence-electron chi connectivity index (χ3n) is 8.95. The Balaban J connectivity index is 1.36. The zero-order chi connectivity index (χ0) is 30.8. The first-order chi connectivity index (χ1) is 20.5. The van der Waals surface area contributed by atoms with E-state index in [1.807, 2.05) is 13.8 Å². The minimum Gasteiger partial charge on any atom is -0.377 e. The van der Waals surface area contributed by atoms with Crippen LogP contribution in [0.2, 0.25) is 10.0 Å². The number of halogens is 2. The lowest BCUT2D eigenvalue weighted by Crippen LogP contribution is -2.55. The van der Waals surface area contributed by atoms with Crippen molar-refractivity contribution in [2.45, 2.75) is 77.0 Å². The van der Waals surface area contributed by atoms with Crippen molar-refractivity contribution in [2.75, 3.05) is 19.7 Å². The molecule has 43 heavy (non-hydrogen) atoms. The molecule has 1 aromatic heterocycles. The second-order valence-corrected chi connectivity index (χ2v) is 13.0. The molecule has 3 amide bonds. The topological polar surface area (TPSA) is 138 Å². The Morgan fingerprint density at radius 2 is 1.88 bits per heavy atom. The first-order valence-electron chi connectivity index (χ1n) is 15.1. The van der Waals surface area contributed by atoms with Crippen molar-refractivity contribution >= 4 is 63.4 Å². The fourth-order valence-electron chi connectivity index (χ4n) is 6.90. The number of benzene rings is 1. The van der Waals surface area contributed by atoms with Crippen molar-refractivity contribution < 1.29 is 28.7 Å². The Labute approximate surface area is 260 Å². The minimum absolute atomic E-state index is 0.0244. The number of ketones is 2. The molecule has 10 nitrogen and oxygen atoms in total. The number of nitrogens with one attached hydrogen (secondary N) is 3. The lowest BCUT2D eigenvalue weighted by Gasteiger charge is -2.29. The van der Waals surface area contributed by atoms with Crippen molar-refractivity contribution in [1.82, 2.24) is 20.5 Å². The van der Waals surface area contributed by atoms with Crippen LogP contribution >= 0.6 is 23.2 Å². The van der Waals surface area contributed by atoms with E-state index < -0.39 is 35.6 Å². The molecule has 0 spiro atoms. The van der Waals surface area contributed by atoms with Gasteiger partial charge in [0.1, 0.15) is 17.5 Å². The molecule has 1 saturated heterocycles. The van der Waals surface area contributed by atoms with Crippen molar-refractivity contribution in [2.24, 2.45) is 17.8 Å². The van der Waals surface area contributed by atoms with Gasteiger partial charge in [-0.3, -0.25) is 24.0 Å². The van der Waals surface area contributed by atoms with Gasteiger partial charge in [-0.1, -0.05) is 29.6 Å². The van der Waals surface area contributed by atoms with Gasteiger partial charge in [0.2, 0.25) is 11.7 Å². The summed E-state index contributed by atoms with van der Waals surface area (Å²) in [5.41, 5.74) is 0.891. The Morgan fingerprint density at radius 3 is 2.60 bits per heavy atom. The van der Waals surface area contributed by atoms with E-state index in [1.165, 1.54) is 0 Å². The molecular formula is C31H38Cl2N4O6. The first-order valence-corrected chi connectivity index (χ1v) is 15.8. The Bertz CT molecular complexity index is 1420. The van der Waals surface area contributed by atoms with Crippen molar-refractivity contribution in [1.29, 1.82) is 0 Å². The van der Waals surface area contributed by atoms with E-state index >= 15 is 0 Å². The summed E-state index contributed by atoms with van der Waals surface area (Å²) in [5.74, 6) is -2.78. The molecule has 0 radical (unpaired) electrons. The predicted molar refractivity (Wildman–Crippen MR) is 162 cm³/mol. The molecule has 5 atom stereocenters. The van der Waals surface area contributed by atoms with E-state index in [9.17, 15) is 24.0 Å². The van der Waals surface area contributed by atoms with Crippen LogP contribution < -0.4 is 10.6 Å². The van der Waals surface area contributed by atoms with Crippen LogP contribution in [0, 0.1) is 17.8 Å². The third kappa shape index (κ3) is 6.91. The monoisotopic (exact) mass is 632 g/mol. The van der Waals surface area contributed by atoms with E-state index in [4.69, 9.17) is 27.9 Å². The largest absolute Gasteiger partial charge is 0.377 e. The van der Waals surface area contributed by atoms with Gasteiger partial charge in [0.05, 0.1) is 23.8 Å². The summed E-state index contributed by atoms with van der Waals surface area (Å²) in [6.07, 6.45) is 4.38. The van der Waals surface area contributed by atoms with Gasteiger partial charge in [0.15, 0.2) is 0 Å². The molecule has 12 heteroatoms. The maximum Gasteiger partial charge on any atom is 0.289 e. The highest BCUT2D eigenvalue weighted by molar-refractivity contribution is 6.39. The zero-order valence-corrected chi connectivity index (χ0v) is 25.9. The summed E-state index contributed by atoms with van der Waals surface area (Å²) in [6.45, 7) is 4.52. The third-order valence-corrected chi connectivity index (χ3v) is 9.48. The van der Waals surface area contributed by atoms with Crippen LogP contribution in [-0.2, 0) is 23.9 Å². The molecule has 1 aliphatic heterocycles. The van der Waals surface area contributed by atoms with E-state index in [0.717, 1.165) is 19.3 Å². The number of nitrogens with zero attached hydrogens (tertiary/aromatic N) is 1. The van der Waals surface area contributed by atoms with Gasteiger partial charge in [0, 0.05) is 41.4 Å². The predicted octanol–water partition coefficient (Wildman–Crippen LogP) is 4.07. The smallest absolute Gasteiger partial charge is 0.289 e. The number of carbonyl (C=O) groups excluding carboxylic acids is 5. The second-order valence-electron chi connectivity index (χ2n) is 12.2. The van der Waals surface area contributed by atoms with E-state index in [1.54, 1.807) is 23.1 Å². The van der Waals surface area contributed by atoms with Crippen molar-refractivity contribution in [3.8, 4) is 0 Å². The summed E-state index contributed by atoms with van der Waals surface area (Å²) in [7, 11) is 0. The van der Waals surface area contributed by atoms with E-state index in [-0.39, 0.29) is 54.9 Å². The summed E-state index contributed by atoms with van der Waals surface area (Å²) < 4.78 is 5.43. The molecule has 3 fully saturated rings. The highest BCUT2D eigenvalue weighted by Gasteiger charge is 2.50. The molecule has 2 aromatic rings. The molecule has 1 aromatic carbocycles. The number of rotatable bonds is 11.